The van der Waals surface area contributed by atoms with E-state index in [1.165, 1.54) is 0 Å². The van der Waals surface area contributed by atoms with Gasteiger partial charge in [0.15, 0.2) is 0 Å². The molecule has 0 saturated carbocycles. The second-order valence-corrected chi connectivity index (χ2v) is 5.00. The quantitative estimate of drug-likeness (QED) is 0.901. The van der Waals surface area contributed by atoms with Crippen molar-refractivity contribution < 1.29 is 9.47 Å². The van der Waals surface area contributed by atoms with Crippen molar-refractivity contribution in [3.8, 4) is 11.5 Å². The third-order valence-electron chi connectivity index (χ3n) is 2.46. The molecule has 0 amide bonds. The van der Waals surface area contributed by atoms with Crippen molar-refractivity contribution in [2.24, 2.45) is 0 Å². The van der Waals surface area contributed by atoms with E-state index in [-0.39, 0.29) is 0 Å². The highest BCUT2D eigenvalue weighted by molar-refractivity contribution is 9.10. The summed E-state index contributed by atoms with van der Waals surface area (Å²) in [4.78, 5) is 4.23. The largest absolute Gasteiger partial charge is 0.495 e. The van der Waals surface area contributed by atoms with E-state index in [1.54, 1.807) is 32.5 Å². The van der Waals surface area contributed by atoms with Gasteiger partial charge in [0.05, 0.1) is 24.9 Å². The van der Waals surface area contributed by atoms with E-state index in [2.05, 4.69) is 26.2 Å². The Morgan fingerprint density at radius 1 is 1.16 bits per heavy atom. The van der Waals surface area contributed by atoms with Crippen LogP contribution >= 0.6 is 27.5 Å². The number of pyridine rings is 1. The first-order valence-corrected chi connectivity index (χ1v) is 6.61. The van der Waals surface area contributed by atoms with E-state index in [1.807, 2.05) is 12.1 Å². The summed E-state index contributed by atoms with van der Waals surface area (Å²) in [5.74, 6) is 1.89. The number of benzene rings is 1. The number of hydrogen-bond acceptors (Lipinski definition) is 4. The summed E-state index contributed by atoms with van der Waals surface area (Å²) in [6, 6.07) is 7.21. The Morgan fingerprint density at radius 2 is 1.89 bits per heavy atom. The number of nitrogens with zero attached hydrogens (tertiary/aromatic N) is 1. The Balaban J connectivity index is 2.33. The maximum Gasteiger partial charge on any atom is 0.146 e. The number of halogens is 2. The van der Waals surface area contributed by atoms with Crippen LogP contribution in [0.4, 0.5) is 11.5 Å². The molecule has 0 unspecified atom stereocenters. The van der Waals surface area contributed by atoms with Crippen LogP contribution in [0.3, 0.4) is 0 Å². The van der Waals surface area contributed by atoms with Crippen LogP contribution in [-0.4, -0.2) is 19.2 Å². The zero-order valence-electron chi connectivity index (χ0n) is 10.4. The van der Waals surface area contributed by atoms with E-state index in [4.69, 9.17) is 21.1 Å². The molecule has 0 fully saturated rings. The Hall–Kier alpha value is -1.46. The van der Waals surface area contributed by atoms with Gasteiger partial charge in [-0.1, -0.05) is 11.6 Å². The topological polar surface area (TPSA) is 43.4 Å². The van der Waals surface area contributed by atoms with Crippen molar-refractivity contribution in [2.45, 2.75) is 0 Å². The van der Waals surface area contributed by atoms with Gasteiger partial charge in [-0.25, -0.2) is 4.98 Å². The third kappa shape index (κ3) is 3.30. The smallest absolute Gasteiger partial charge is 0.146 e. The minimum Gasteiger partial charge on any atom is -0.495 e. The average Bonchev–Trinajstić information content (AvgIpc) is 2.42. The molecule has 1 aromatic carbocycles. The van der Waals surface area contributed by atoms with Gasteiger partial charge in [0, 0.05) is 16.7 Å². The van der Waals surface area contributed by atoms with Gasteiger partial charge in [-0.05, 0) is 34.1 Å². The second-order valence-electron chi connectivity index (χ2n) is 3.67. The molecule has 0 spiro atoms. The molecule has 4 nitrogen and oxygen atoms in total. The first kappa shape index (κ1) is 14.0. The van der Waals surface area contributed by atoms with Gasteiger partial charge < -0.3 is 14.8 Å². The Kier molecular flexibility index (Phi) is 4.50. The molecule has 2 rings (SSSR count). The fourth-order valence-corrected chi connectivity index (χ4v) is 2.02. The zero-order valence-corrected chi connectivity index (χ0v) is 12.7. The fraction of sp³-hybridized carbons (Fsp3) is 0.154. The van der Waals surface area contributed by atoms with E-state index in [0.29, 0.717) is 22.3 Å². The minimum atomic E-state index is 0.503. The van der Waals surface area contributed by atoms with Crippen LogP contribution < -0.4 is 14.8 Å². The third-order valence-corrected chi connectivity index (χ3v) is 3.23. The van der Waals surface area contributed by atoms with Gasteiger partial charge in [0.2, 0.25) is 0 Å². The number of rotatable bonds is 4. The molecule has 1 N–H and O–H groups in total. The summed E-state index contributed by atoms with van der Waals surface area (Å²) in [5, 5.41) is 3.65. The van der Waals surface area contributed by atoms with Gasteiger partial charge in [-0.3, -0.25) is 0 Å². The standard InChI is InChI=1S/C13H12BrClN2O2/c1-18-11-6-12(19-2)10(5-9(11)15)17-13-4-3-8(14)7-16-13/h3-7H,1-2H3,(H,16,17). The van der Waals surface area contributed by atoms with Crippen LogP contribution in [-0.2, 0) is 0 Å². The van der Waals surface area contributed by atoms with Crippen molar-refractivity contribution in [1.29, 1.82) is 0 Å². The van der Waals surface area contributed by atoms with Crippen LogP contribution in [0.5, 0.6) is 11.5 Å². The van der Waals surface area contributed by atoms with Gasteiger partial charge in [-0.2, -0.15) is 0 Å². The highest BCUT2D eigenvalue weighted by atomic mass is 79.9. The van der Waals surface area contributed by atoms with Crippen LogP contribution in [0.25, 0.3) is 0 Å². The van der Waals surface area contributed by atoms with Gasteiger partial charge in [0.25, 0.3) is 0 Å². The molecule has 0 saturated heterocycles. The Morgan fingerprint density at radius 3 is 2.47 bits per heavy atom. The summed E-state index contributed by atoms with van der Waals surface area (Å²) in [6.07, 6.45) is 1.71. The van der Waals surface area contributed by atoms with Gasteiger partial charge in [0.1, 0.15) is 17.3 Å². The number of nitrogens with one attached hydrogen (secondary N) is 1. The van der Waals surface area contributed by atoms with Gasteiger partial charge >= 0.3 is 0 Å². The average molecular weight is 344 g/mol. The summed E-state index contributed by atoms with van der Waals surface area (Å²) in [6.45, 7) is 0. The number of anilines is 2. The van der Waals surface area contributed by atoms with E-state index < -0.39 is 0 Å². The molecule has 19 heavy (non-hydrogen) atoms. The van der Waals surface area contributed by atoms with E-state index in [0.717, 1.165) is 10.2 Å². The zero-order chi connectivity index (χ0) is 13.8. The maximum atomic E-state index is 6.10. The maximum absolute atomic E-state index is 6.10. The molecule has 0 bridgehead atoms. The fourth-order valence-electron chi connectivity index (χ4n) is 1.55. The highest BCUT2D eigenvalue weighted by Crippen LogP contribution is 2.37. The predicted octanol–water partition coefficient (Wildman–Crippen LogP) is 4.26. The molecule has 1 heterocycles. The first-order valence-electron chi connectivity index (χ1n) is 5.44. The summed E-state index contributed by atoms with van der Waals surface area (Å²) in [7, 11) is 3.15. The summed E-state index contributed by atoms with van der Waals surface area (Å²) >= 11 is 9.44. The molecule has 0 aliphatic carbocycles. The minimum absolute atomic E-state index is 0.503. The number of hydrogen-bond donors (Lipinski definition) is 1. The lowest BCUT2D eigenvalue weighted by Gasteiger charge is -2.13. The molecule has 0 aliphatic rings. The van der Waals surface area contributed by atoms with Crippen molar-refractivity contribution in [3.63, 3.8) is 0 Å². The molecular weight excluding hydrogens is 332 g/mol. The lowest BCUT2D eigenvalue weighted by Crippen LogP contribution is -1.97. The van der Waals surface area contributed by atoms with Crippen LogP contribution in [0.2, 0.25) is 5.02 Å². The predicted molar refractivity (Wildman–Crippen MR) is 79.8 cm³/mol. The van der Waals surface area contributed by atoms with Gasteiger partial charge in [-0.15, -0.1) is 0 Å². The van der Waals surface area contributed by atoms with Crippen molar-refractivity contribution in [3.05, 3.63) is 40.0 Å². The van der Waals surface area contributed by atoms with Crippen molar-refractivity contribution in [1.82, 2.24) is 4.98 Å². The molecule has 2 aromatic rings. The summed E-state index contributed by atoms with van der Waals surface area (Å²) in [5.41, 5.74) is 0.725. The first-order chi connectivity index (χ1) is 9.13. The SMILES string of the molecule is COc1cc(OC)c(Nc2ccc(Br)cn2)cc1Cl. The normalized spacial score (nSPS) is 10.1. The molecular formula is C13H12BrClN2O2. The number of ether oxygens (including phenoxy) is 2. The van der Waals surface area contributed by atoms with Crippen molar-refractivity contribution >= 4 is 39.0 Å². The lowest BCUT2D eigenvalue weighted by atomic mass is 10.2. The molecule has 1 aromatic heterocycles. The summed E-state index contributed by atoms with van der Waals surface area (Å²) < 4.78 is 11.4. The molecule has 0 atom stereocenters. The Labute approximate surface area is 124 Å². The monoisotopic (exact) mass is 342 g/mol. The van der Waals surface area contributed by atoms with Crippen molar-refractivity contribution in [2.75, 3.05) is 19.5 Å². The molecule has 6 heteroatoms. The van der Waals surface area contributed by atoms with E-state index in [9.17, 15) is 0 Å². The lowest BCUT2D eigenvalue weighted by molar-refractivity contribution is 0.396. The second kappa shape index (κ2) is 6.12. The highest BCUT2D eigenvalue weighted by Gasteiger charge is 2.10. The molecule has 0 radical (unpaired) electrons. The Bertz CT molecular complexity index is 576. The van der Waals surface area contributed by atoms with Crippen LogP contribution in [0.1, 0.15) is 0 Å². The van der Waals surface area contributed by atoms with Crippen LogP contribution in [0.15, 0.2) is 34.9 Å². The number of aromatic nitrogens is 1. The molecule has 0 aliphatic heterocycles. The molecule has 100 valence electrons. The van der Waals surface area contributed by atoms with E-state index >= 15 is 0 Å². The van der Waals surface area contributed by atoms with Crippen LogP contribution in [0, 0.1) is 0 Å². The number of methoxy groups -OCH3 is 2.